The average Bonchev–Trinajstić information content (AvgIpc) is 3.23. The number of rotatable bonds is 9. The van der Waals surface area contributed by atoms with E-state index in [0.717, 1.165) is 50.5 Å². The van der Waals surface area contributed by atoms with E-state index >= 15 is 0 Å². The SMILES string of the molecule is O=C(O)CCCC12CCC(OCc3cc(F)cc(Oc4ccccc4)c3)(CC1)C2. The number of ether oxygens (including phenoxy) is 2. The second kappa shape index (κ2) is 8.15. The van der Waals surface area contributed by atoms with Gasteiger partial charge in [0.2, 0.25) is 0 Å². The largest absolute Gasteiger partial charge is 0.481 e. The average molecular weight is 398 g/mol. The van der Waals surface area contributed by atoms with Crippen LogP contribution < -0.4 is 4.74 Å². The van der Waals surface area contributed by atoms with Gasteiger partial charge >= 0.3 is 5.97 Å². The molecule has 2 aromatic carbocycles. The summed E-state index contributed by atoms with van der Waals surface area (Å²) in [5.74, 6) is 0.0735. The van der Waals surface area contributed by atoms with Crippen LogP contribution in [0, 0.1) is 11.2 Å². The first-order valence-electron chi connectivity index (χ1n) is 10.3. The van der Waals surface area contributed by atoms with Crippen LogP contribution in [0.15, 0.2) is 48.5 Å². The van der Waals surface area contributed by atoms with Gasteiger partial charge in [-0.3, -0.25) is 4.79 Å². The van der Waals surface area contributed by atoms with Crippen molar-refractivity contribution in [1.29, 1.82) is 0 Å². The first-order chi connectivity index (χ1) is 14.0. The van der Waals surface area contributed by atoms with Crippen LogP contribution >= 0.6 is 0 Å². The van der Waals surface area contributed by atoms with Crippen LogP contribution in [0.5, 0.6) is 11.5 Å². The molecule has 2 fully saturated rings. The van der Waals surface area contributed by atoms with Crippen molar-refractivity contribution in [3.8, 4) is 11.5 Å². The van der Waals surface area contributed by atoms with Gasteiger partial charge in [-0.05, 0) is 80.2 Å². The molecule has 5 heteroatoms. The van der Waals surface area contributed by atoms with Crippen molar-refractivity contribution in [3.05, 3.63) is 59.9 Å². The molecule has 4 rings (SSSR count). The van der Waals surface area contributed by atoms with E-state index in [-0.39, 0.29) is 23.3 Å². The van der Waals surface area contributed by atoms with Crippen molar-refractivity contribution < 1.29 is 23.8 Å². The van der Waals surface area contributed by atoms with Gasteiger partial charge in [0.15, 0.2) is 0 Å². The van der Waals surface area contributed by atoms with E-state index in [0.29, 0.717) is 18.1 Å². The van der Waals surface area contributed by atoms with Gasteiger partial charge < -0.3 is 14.6 Å². The number of carboxylic acid groups (broad SMARTS) is 1. The molecule has 0 unspecified atom stereocenters. The number of aliphatic carboxylic acids is 1. The smallest absolute Gasteiger partial charge is 0.303 e. The molecule has 2 saturated carbocycles. The number of carboxylic acids is 1. The minimum absolute atomic E-state index is 0.143. The van der Waals surface area contributed by atoms with Crippen molar-refractivity contribution in [1.82, 2.24) is 0 Å². The van der Waals surface area contributed by atoms with Crippen LogP contribution in [0.3, 0.4) is 0 Å². The standard InChI is InChI=1S/C24H27FO4/c25-19-13-18(14-21(15-19)29-20-5-2-1-3-6-20)16-28-24-11-9-23(17-24,10-12-24)8-4-7-22(26)27/h1-3,5-6,13-15H,4,7-12,16-17H2,(H,26,27). The Kier molecular flexibility index (Phi) is 5.59. The molecule has 0 heterocycles. The quantitative estimate of drug-likeness (QED) is 0.555. The molecule has 154 valence electrons. The molecule has 0 amide bonds. The van der Waals surface area contributed by atoms with Crippen LogP contribution in [0.2, 0.25) is 0 Å². The zero-order valence-corrected chi connectivity index (χ0v) is 16.5. The Labute approximate surface area is 170 Å². The van der Waals surface area contributed by atoms with Gasteiger partial charge in [-0.2, -0.15) is 0 Å². The lowest BCUT2D eigenvalue weighted by molar-refractivity contribution is -0.137. The van der Waals surface area contributed by atoms with Gasteiger partial charge in [0.25, 0.3) is 0 Å². The monoisotopic (exact) mass is 398 g/mol. The highest BCUT2D eigenvalue weighted by Gasteiger charge is 2.54. The highest BCUT2D eigenvalue weighted by atomic mass is 19.1. The number of hydrogen-bond acceptors (Lipinski definition) is 3. The first-order valence-corrected chi connectivity index (χ1v) is 10.3. The predicted molar refractivity (Wildman–Crippen MR) is 107 cm³/mol. The number of benzene rings is 2. The highest BCUT2D eigenvalue weighted by Crippen LogP contribution is 2.60. The summed E-state index contributed by atoms with van der Waals surface area (Å²) in [5, 5.41) is 8.89. The maximum atomic E-state index is 14.1. The fourth-order valence-electron chi connectivity index (χ4n) is 5.05. The molecule has 0 radical (unpaired) electrons. The summed E-state index contributed by atoms with van der Waals surface area (Å²) in [7, 11) is 0. The van der Waals surface area contributed by atoms with Crippen molar-refractivity contribution >= 4 is 5.97 Å². The van der Waals surface area contributed by atoms with Gasteiger partial charge in [0, 0.05) is 12.5 Å². The molecule has 0 saturated heterocycles. The van der Waals surface area contributed by atoms with Crippen molar-refractivity contribution in [3.63, 3.8) is 0 Å². The summed E-state index contributed by atoms with van der Waals surface area (Å²) in [6.45, 7) is 0.355. The van der Waals surface area contributed by atoms with Crippen molar-refractivity contribution in [2.24, 2.45) is 5.41 Å². The summed E-state index contributed by atoms with van der Waals surface area (Å²) in [5.41, 5.74) is 0.857. The normalized spacial score (nSPS) is 25.3. The third kappa shape index (κ3) is 4.78. The Bertz CT molecular complexity index is 856. The number of fused-ring (bicyclic) bond motifs is 2. The minimum atomic E-state index is -0.723. The predicted octanol–water partition coefficient (Wildman–Crippen LogP) is 6.09. The van der Waals surface area contributed by atoms with Crippen LogP contribution in [0.25, 0.3) is 0 Å². The molecule has 2 aromatic rings. The Morgan fingerprint density at radius 2 is 1.79 bits per heavy atom. The molecular formula is C24H27FO4. The molecule has 29 heavy (non-hydrogen) atoms. The van der Waals surface area contributed by atoms with Gasteiger partial charge in [0.1, 0.15) is 17.3 Å². The van der Waals surface area contributed by atoms with Crippen molar-refractivity contribution in [2.75, 3.05) is 0 Å². The molecule has 4 nitrogen and oxygen atoms in total. The molecule has 2 aliphatic rings. The molecule has 0 aromatic heterocycles. The third-order valence-electron chi connectivity index (χ3n) is 6.47. The van der Waals surface area contributed by atoms with E-state index in [9.17, 15) is 9.18 Å². The van der Waals surface area contributed by atoms with Gasteiger partial charge in [-0.25, -0.2) is 4.39 Å². The second-order valence-electron chi connectivity index (χ2n) is 8.61. The van der Waals surface area contributed by atoms with Crippen LogP contribution in [0.1, 0.15) is 56.9 Å². The lowest BCUT2D eigenvalue weighted by Gasteiger charge is -2.28. The summed E-state index contributed by atoms with van der Waals surface area (Å²) >= 11 is 0. The van der Waals surface area contributed by atoms with Crippen LogP contribution in [-0.4, -0.2) is 16.7 Å². The Hall–Kier alpha value is -2.40. The van der Waals surface area contributed by atoms with E-state index in [1.54, 1.807) is 0 Å². The lowest BCUT2D eigenvalue weighted by atomic mass is 9.80. The molecule has 0 aliphatic heterocycles. The van der Waals surface area contributed by atoms with Crippen LogP contribution in [0.4, 0.5) is 4.39 Å². The van der Waals surface area contributed by atoms with Gasteiger partial charge in [0.05, 0.1) is 12.2 Å². The molecule has 2 aliphatic carbocycles. The Balaban J connectivity index is 1.36. The summed E-state index contributed by atoms with van der Waals surface area (Å²) in [6, 6.07) is 14.0. The lowest BCUT2D eigenvalue weighted by Crippen LogP contribution is -2.26. The Morgan fingerprint density at radius 1 is 1.03 bits per heavy atom. The van der Waals surface area contributed by atoms with Crippen molar-refractivity contribution in [2.45, 2.75) is 63.6 Å². The first kappa shape index (κ1) is 19.9. The molecule has 0 atom stereocenters. The van der Waals surface area contributed by atoms with Gasteiger partial charge in [-0.15, -0.1) is 0 Å². The minimum Gasteiger partial charge on any atom is -0.481 e. The van der Waals surface area contributed by atoms with Crippen LogP contribution in [-0.2, 0) is 16.1 Å². The number of halogens is 1. The topological polar surface area (TPSA) is 55.8 Å². The maximum absolute atomic E-state index is 14.1. The van der Waals surface area contributed by atoms with E-state index in [1.165, 1.54) is 12.1 Å². The Morgan fingerprint density at radius 3 is 2.52 bits per heavy atom. The zero-order valence-electron chi connectivity index (χ0n) is 16.5. The second-order valence-corrected chi connectivity index (χ2v) is 8.61. The fourth-order valence-corrected chi connectivity index (χ4v) is 5.05. The molecular weight excluding hydrogens is 371 g/mol. The third-order valence-corrected chi connectivity index (χ3v) is 6.47. The van der Waals surface area contributed by atoms with E-state index < -0.39 is 5.97 Å². The summed E-state index contributed by atoms with van der Waals surface area (Å²) in [6.07, 6.45) is 7.11. The zero-order chi connectivity index (χ0) is 20.3. The van der Waals surface area contributed by atoms with E-state index in [1.807, 2.05) is 36.4 Å². The molecule has 2 bridgehead atoms. The fraction of sp³-hybridized carbons (Fsp3) is 0.458. The summed E-state index contributed by atoms with van der Waals surface area (Å²) in [4.78, 5) is 10.8. The van der Waals surface area contributed by atoms with E-state index in [2.05, 4.69) is 0 Å². The maximum Gasteiger partial charge on any atom is 0.303 e. The molecule has 0 spiro atoms. The van der Waals surface area contributed by atoms with Gasteiger partial charge in [-0.1, -0.05) is 18.2 Å². The number of hydrogen-bond donors (Lipinski definition) is 1. The number of para-hydroxylation sites is 1. The molecule has 1 N–H and O–H groups in total. The highest BCUT2D eigenvalue weighted by molar-refractivity contribution is 5.66. The summed E-state index contributed by atoms with van der Waals surface area (Å²) < 4.78 is 26.2. The van der Waals surface area contributed by atoms with E-state index in [4.69, 9.17) is 14.6 Å². The number of carbonyl (C=O) groups is 1.